The number of rotatable bonds is 13. The molecule has 1 heterocycles. The van der Waals surface area contributed by atoms with Crippen LogP contribution in [0.4, 0.5) is 4.39 Å². The molecule has 0 aromatic heterocycles. The molecule has 0 saturated carbocycles. The Morgan fingerprint density at radius 3 is 1.66 bits per heavy atom. The Kier molecular flexibility index (Phi) is 11.3. The van der Waals surface area contributed by atoms with E-state index in [0.717, 1.165) is 26.7 Å². The molecule has 6 heteroatoms. The van der Waals surface area contributed by atoms with Crippen molar-refractivity contribution < 1.29 is 18.6 Å². The molecule has 4 aromatic carbocycles. The van der Waals surface area contributed by atoms with E-state index in [4.69, 9.17) is 14.2 Å². The van der Waals surface area contributed by atoms with Crippen molar-refractivity contribution in [3.05, 3.63) is 143 Å². The highest BCUT2D eigenvalue weighted by Gasteiger charge is 2.45. The molecule has 0 aliphatic carbocycles. The topological polar surface area (TPSA) is 30.9 Å². The van der Waals surface area contributed by atoms with E-state index in [1.54, 1.807) is 6.07 Å². The van der Waals surface area contributed by atoms with Crippen LogP contribution in [0.1, 0.15) is 22.3 Å². The average Bonchev–Trinajstić information content (AvgIpc) is 3.03. The van der Waals surface area contributed by atoms with Crippen molar-refractivity contribution in [1.82, 2.24) is 4.90 Å². The molecule has 0 spiro atoms. The third-order valence-electron chi connectivity index (χ3n) is 7.61. The Morgan fingerprint density at radius 2 is 1.12 bits per heavy atom. The number of benzene rings is 4. The van der Waals surface area contributed by atoms with E-state index in [2.05, 4.69) is 63.9 Å². The average molecular weight is 666 g/mol. The van der Waals surface area contributed by atoms with Crippen LogP contribution in [-0.4, -0.2) is 46.8 Å². The van der Waals surface area contributed by atoms with Crippen molar-refractivity contribution in [2.24, 2.45) is 0 Å². The second-order valence-corrected chi connectivity index (χ2v) is 11.3. The normalized spacial score (nSPS) is 21.1. The van der Waals surface area contributed by atoms with Gasteiger partial charge in [0.15, 0.2) is 0 Å². The smallest absolute Gasteiger partial charge is 0.126 e. The van der Waals surface area contributed by atoms with Crippen molar-refractivity contribution >= 4 is 22.6 Å². The summed E-state index contributed by atoms with van der Waals surface area (Å²) in [5.41, 5.74) is 4.08. The van der Waals surface area contributed by atoms with Crippen LogP contribution in [0.2, 0.25) is 0 Å². The number of hydrogen-bond donors (Lipinski definition) is 0. The number of likely N-dealkylation sites (tertiary alicyclic amines) is 1. The highest BCUT2D eigenvalue weighted by atomic mass is 127. The van der Waals surface area contributed by atoms with Gasteiger partial charge in [-0.2, -0.15) is 0 Å². The van der Waals surface area contributed by atoms with Crippen molar-refractivity contribution in [1.29, 1.82) is 0 Å². The summed E-state index contributed by atoms with van der Waals surface area (Å²) in [5, 5.41) is 0. The first-order valence-electron chi connectivity index (χ1n) is 14.2. The fourth-order valence-corrected chi connectivity index (χ4v) is 6.44. The molecule has 4 nitrogen and oxygen atoms in total. The molecule has 1 aliphatic heterocycles. The minimum atomic E-state index is -0.271. The predicted molar refractivity (Wildman–Crippen MR) is 169 cm³/mol. The number of ether oxygens (including phenoxy) is 3. The van der Waals surface area contributed by atoms with Gasteiger partial charge < -0.3 is 14.2 Å². The maximum absolute atomic E-state index is 14.5. The maximum Gasteiger partial charge on any atom is 0.126 e. The molecule has 0 unspecified atom stereocenters. The summed E-state index contributed by atoms with van der Waals surface area (Å²) >= 11 is 2.45. The monoisotopic (exact) mass is 665 g/mol. The Labute approximate surface area is 256 Å². The summed E-state index contributed by atoms with van der Waals surface area (Å²) in [6, 6.07) is 37.9. The first-order valence-corrected chi connectivity index (χ1v) is 15.7. The fourth-order valence-electron chi connectivity index (χ4n) is 5.38. The standard InChI is InChI=1S/C35H37FINO3/c36-31-19-11-10-18-30(31)20-21-38-23-33(39-24-27-12-4-1-5-13-27)35(41-26-29-16-8-3-9-17-29)34(32(38)22-37)40-25-28-14-6-2-7-15-28/h1-19,32-35H,20-26H2/t32-,33+,34-,35-/m1/s1. The van der Waals surface area contributed by atoms with E-state index in [-0.39, 0.29) is 30.2 Å². The first kappa shape index (κ1) is 29.9. The molecule has 1 fully saturated rings. The van der Waals surface area contributed by atoms with Crippen LogP contribution in [0.5, 0.6) is 0 Å². The highest BCUT2D eigenvalue weighted by molar-refractivity contribution is 14.1. The molecule has 4 atom stereocenters. The number of hydrogen-bond acceptors (Lipinski definition) is 4. The summed E-state index contributed by atoms with van der Waals surface area (Å²) < 4.78 is 35.4. The summed E-state index contributed by atoms with van der Waals surface area (Å²) in [7, 11) is 0. The first-order chi connectivity index (χ1) is 20.2. The van der Waals surface area contributed by atoms with Crippen molar-refractivity contribution in [3.63, 3.8) is 0 Å². The second kappa shape index (κ2) is 15.6. The van der Waals surface area contributed by atoms with E-state index >= 15 is 0 Å². The van der Waals surface area contributed by atoms with Gasteiger partial charge in [-0.05, 0) is 34.7 Å². The Morgan fingerprint density at radius 1 is 0.634 bits per heavy atom. The summed E-state index contributed by atoms with van der Waals surface area (Å²) in [4.78, 5) is 2.41. The second-order valence-electron chi connectivity index (χ2n) is 10.4. The molecule has 1 saturated heterocycles. The molecule has 0 bridgehead atoms. The number of piperidine rings is 1. The van der Waals surface area contributed by atoms with Crippen LogP contribution in [0, 0.1) is 5.82 Å². The molecule has 214 valence electrons. The zero-order chi connectivity index (χ0) is 28.3. The zero-order valence-corrected chi connectivity index (χ0v) is 25.3. The van der Waals surface area contributed by atoms with Gasteiger partial charge in [-0.15, -0.1) is 0 Å². The lowest BCUT2D eigenvalue weighted by molar-refractivity contribution is -0.199. The maximum atomic E-state index is 14.5. The minimum Gasteiger partial charge on any atom is -0.369 e. The molecule has 0 radical (unpaired) electrons. The summed E-state index contributed by atoms with van der Waals surface area (Å²) in [6.45, 7) is 2.83. The quantitative estimate of drug-likeness (QED) is 0.111. The van der Waals surface area contributed by atoms with E-state index in [9.17, 15) is 4.39 Å². The zero-order valence-electron chi connectivity index (χ0n) is 23.2. The van der Waals surface area contributed by atoms with Crippen LogP contribution in [-0.2, 0) is 40.5 Å². The van der Waals surface area contributed by atoms with Gasteiger partial charge in [0.25, 0.3) is 0 Å². The molecule has 1 aliphatic rings. The Balaban J connectivity index is 1.41. The van der Waals surface area contributed by atoms with E-state index in [1.807, 2.05) is 66.7 Å². The summed E-state index contributed by atoms with van der Waals surface area (Å²) in [6.07, 6.45) is -0.107. The van der Waals surface area contributed by atoms with Crippen molar-refractivity contribution in [3.8, 4) is 0 Å². The van der Waals surface area contributed by atoms with Crippen LogP contribution >= 0.6 is 22.6 Å². The van der Waals surface area contributed by atoms with Gasteiger partial charge in [0.2, 0.25) is 0 Å². The van der Waals surface area contributed by atoms with Crippen LogP contribution < -0.4 is 0 Å². The van der Waals surface area contributed by atoms with Gasteiger partial charge in [0.05, 0.1) is 25.9 Å². The summed E-state index contributed by atoms with van der Waals surface area (Å²) in [5.74, 6) is -0.159. The van der Waals surface area contributed by atoms with Gasteiger partial charge >= 0.3 is 0 Å². The van der Waals surface area contributed by atoms with E-state index < -0.39 is 0 Å². The van der Waals surface area contributed by atoms with Crippen LogP contribution in [0.25, 0.3) is 0 Å². The van der Waals surface area contributed by atoms with E-state index in [1.165, 1.54) is 6.07 Å². The van der Waals surface area contributed by atoms with Gasteiger partial charge in [-0.25, -0.2) is 4.39 Å². The highest BCUT2D eigenvalue weighted by Crippen LogP contribution is 2.30. The molecular formula is C35H37FINO3. The molecule has 4 aromatic rings. The Bertz CT molecular complexity index is 1310. The Hall–Kier alpha value is -2.62. The lowest BCUT2D eigenvalue weighted by atomic mass is 9.93. The van der Waals surface area contributed by atoms with Crippen LogP contribution in [0.3, 0.4) is 0 Å². The van der Waals surface area contributed by atoms with Gasteiger partial charge in [0, 0.05) is 23.6 Å². The largest absolute Gasteiger partial charge is 0.369 e. The van der Waals surface area contributed by atoms with Crippen LogP contribution in [0.15, 0.2) is 115 Å². The number of nitrogens with zero attached hydrogens (tertiary/aromatic N) is 1. The van der Waals surface area contributed by atoms with Crippen molar-refractivity contribution in [2.75, 3.05) is 17.5 Å². The predicted octanol–water partition coefficient (Wildman–Crippen LogP) is 7.24. The van der Waals surface area contributed by atoms with Gasteiger partial charge in [-0.3, -0.25) is 4.90 Å². The molecule has 0 amide bonds. The number of alkyl halides is 1. The van der Waals surface area contributed by atoms with Gasteiger partial charge in [0.1, 0.15) is 18.0 Å². The lowest BCUT2D eigenvalue weighted by Gasteiger charge is -2.48. The third-order valence-corrected chi connectivity index (χ3v) is 8.52. The molecule has 41 heavy (non-hydrogen) atoms. The van der Waals surface area contributed by atoms with Crippen molar-refractivity contribution in [2.45, 2.75) is 50.6 Å². The molecule has 5 rings (SSSR count). The SMILES string of the molecule is Fc1ccccc1CCN1C[C@H](OCc2ccccc2)[C@@H](OCc2ccccc2)[C@H](OCc2ccccc2)[C@H]1CI. The fraction of sp³-hybridized carbons (Fsp3) is 0.314. The third kappa shape index (κ3) is 8.46. The minimum absolute atomic E-state index is 0.0865. The molecular weight excluding hydrogens is 628 g/mol. The molecule has 0 N–H and O–H groups in total. The van der Waals surface area contributed by atoms with Gasteiger partial charge in [-0.1, -0.05) is 132 Å². The van der Waals surface area contributed by atoms with E-state index in [0.29, 0.717) is 39.3 Å². The number of halogens is 2. The lowest BCUT2D eigenvalue weighted by Crippen LogP contribution is -2.64.